The number of likely N-dealkylation sites (N-methyl/N-ethyl adjacent to an activating group) is 1. The molecule has 0 bridgehead atoms. The highest BCUT2D eigenvalue weighted by Crippen LogP contribution is 2.31. The number of rotatable bonds is 8. The van der Waals surface area contributed by atoms with Crippen molar-refractivity contribution < 1.29 is 27.8 Å². The van der Waals surface area contributed by atoms with Crippen molar-refractivity contribution in [2.45, 2.75) is 18.8 Å². The van der Waals surface area contributed by atoms with E-state index in [4.69, 9.17) is 9.47 Å². The predicted molar refractivity (Wildman–Crippen MR) is 125 cm³/mol. The molecule has 184 valence electrons. The lowest BCUT2D eigenvalue weighted by Gasteiger charge is -2.45. The number of ether oxygens (including phenoxy) is 3. The van der Waals surface area contributed by atoms with Crippen LogP contribution in [0.1, 0.15) is 0 Å². The largest absolute Gasteiger partial charge is 0.481 e. The molecular weight excluding hydrogens is 460 g/mol. The summed E-state index contributed by atoms with van der Waals surface area (Å²) in [6.45, 7) is -0.310. The van der Waals surface area contributed by atoms with Gasteiger partial charge in [0.15, 0.2) is 0 Å². The van der Waals surface area contributed by atoms with Crippen LogP contribution >= 0.6 is 0 Å². The summed E-state index contributed by atoms with van der Waals surface area (Å²) in [4.78, 5) is 27.3. The molecule has 0 spiro atoms. The number of carbonyl (C=O) groups is 1. The van der Waals surface area contributed by atoms with Crippen LogP contribution in [0.5, 0.6) is 11.6 Å². The summed E-state index contributed by atoms with van der Waals surface area (Å²) in [7, 11) is 3.60. The lowest BCUT2D eigenvalue weighted by molar-refractivity contribution is -0.0498. The lowest BCUT2D eigenvalue weighted by Crippen LogP contribution is -2.59. The van der Waals surface area contributed by atoms with E-state index < -0.39 is 12.7 Å². The van der Waals surface area contributed by atoms with Crippen LogP contribution in [0.25, 0.3) is 11.0 Å². The van der Waals surface area contributed by atoms with Crippen LogP contribution in [0, 0.1) is 0 Å². The van der Waals surface area contributed by atoms with Gasteiger partial charge in [-0.15, -0.1) is 0 Å². The normalized spacial score (nSPS) is 18.3. The zero-order chi connectivity index (χ0) is 24.5. The Labute approximate surface area is 200 Å². The van der Waals surface area contributed by atoms with Crippen molar-refractivity contribution >= 4 is 28.5 Å². The average molecular weight is 485 g/mol. The van der Waals surface area contributed by atoms with E-state index in [0.29, 0.717) is 30.7 Å². The molecule has 1 aromatic carbocycles. The summed E-state index contributed by atoms with van der Waals surface area (Å²) in [5.41, 5.74) is 3.20. The smallest absolute Gasteiger partial charge is 0.414 e. The van der Waals surface area contributed by atoms with Gasteiger partial charge >= 0.3 is 12.7 Å². The van der Waals surface area contributed by atoms with Gasteiger partial charge in [-0.25, -0.2) is 9.78 Å². The molecule has 0 unspecified atom stereocenters. The second-order valence-corrected chi connectivity index (χ2v) is 8.54. The fourth-order valence-electron chi connectivity index (χ4n) is 4.40. The minimum Gasteiger partial charge on any atom is -0.481 e. The number of hydrogen-bond acceptors (Lipinski definition) is 8. The van der Waals surface area contributed by atoms with Crippen molar-refractivity contribution in [1.29, 1.82) is 0 Å². The number of benzene rings is 1. The number of methoxy groups -OCH3 is 1. The van der Waals surface area contributed by atoms with E-state index in [-0.39, 0.29) is 11.9 Å². The van der Waals surface area contributed by atoms with Crippen molar-refractivity contribution in [2.75, 3.05) is 50.1 Å². The van der Waals surface area contributed by atoms with Crippen LogP contribution < -0.4 is 19.3 Å². The Bertz CT molecular complexity index is 1210. The maximum atomic E-state index is 12.4. The number of hydrogen-bond donors (Lipinski definition) is 0. The summed E-state index contributed by atoms with van der Waals surface area (Å²) < 4.78 is 39.9. The quantitative estimate of drug-likeness (QED) is 0.481. The molecule has 1 atom stereocenters. The number of aromatic nitrogens is 2. The molecule has 11 heteroatoms. The number of cyclic esters (lactones) is 1. The van der Waals surface area contributed by atoms with E-state index in [0.717, 1.165) is 29.8 Å². The molecule has 4 heterocycles. The van der Waals surface area contributed by atoms with Crippen molar-refractivity contribution in [1.82, 2.24) is 14.9 Å². The maximum absolute atomic E-state index is 12.4. The van der Waals surface area contributed by atoms with E-state index in [1.807, 2.05) is 19.2 Å². The number of halogens is 2. The Morgan fingerprint density at radius 2 is 1.91 bits per heavy atom. The monoisotopic (exact) mass is 485 g/mol. The topological polar surface area (TPSA) is 80.3 Å². The summed E-state index contributed by atoms with van der Waals surface area (Å²) >= 11 is 0. The first kappa shape index (κ1) is 23.0. The molecule has 1 amide bonds. The first-order chi connectivity index (χ1) is 16.9. The molecule has 9 nitrogen and oxygen atoms in total. The van der Waals surface area contributed by atoms with Crippen molar-refractivity contribution in [3.63, 3.8) is 0 Å². The number of fused-ring (bicyclic) bond motifs is 1. The molecule has 0 N–H and O–H groups in total. The number of nitrogens with zero attached hydrogens (tertiary/aromatic N) is 5. The third kappa shape index (κ3) is 4.76. The minimum atomic E-state index is -2.89. The van der Waals surface area contributed by atoms with Crippen LogP contribution in [0.15, 0.2) is 48.7 Å². The highest BCUT2D eigenvalue weighted by Gasteiger charge is 2.37. The van der Waals surface area contributed by atoms with Crippen LogP contribution in [0.4, 0.5) is 25.0 Å². The second-order valence-electron chi connectivity index (χ2n) is 8.54. The zero-order valence-electron chi connectivity index (χ0n) is 19.3. The van der Waals surface area contributed by atoms with Crippen molar-refractivity contribution in [3.05, 3.63) is 48.7 Å². The second kappa shape index (κ2) is 9.49. The Balaban J connectivity index is 1.17. The fraction of sp³-hybridized carbons (Fsp3) is 0.375. The third-order valence-corrected chi connectivity index (χ3v) is 6.31. The Morgan fingerprint density at radius 3 is 2.63 bits per heavy atom. The van der Waals surface area contributed by atoms with Gasteiger partial charge in [0.2, 0.25) is 5.88 Å². The lowest BCUT2D eigenvalue weighted by atomic mass is 10.1. The van der Waals surface area contributed by atoms with E-state index in [1.54, 1.807) is 31.5 Å². The molecule has 2 aliphatic rings. The molecular formula is C24H25F2N5O4. The van der Waals surface area contributed by atoms with Crippen LogP contribution in [-0.4, -0.2) is 80.1 Å². The van der Waals surface area contributed by atoms with Gasteiger partial charge in [0.1, 0.15) is 17.4 Å². The van der Waals surface area contributed by atoms with Gasteiger partial charge in [-0.1, -0.05) is 0 Å². The molecule has 2 aliphatic heterocycles. The summed E-state index contributed by atoms with van der Waals surface area (Å²) in [5.74, 6) is 0.586. The highest BCUT2D eigenvalue weighted by molar-refractivity contribution is 5.90. The van der Waals surface area contributed by atoms with Gasteiger partial charge in [-0.3, -0.25) is 14.8 Å². The molecule has 35 heavy (non-hydrogen) atoms. The Kier molecular flexibility index (Phi) is 6.25. The Morgan fingerprint density at radius 1 is 1.14 bits per heavy atom. The van der Waals surface area contributed by atoms with Gasteiger partial charge in [0, 0.05) is 43.6 Å². The van der Waals surface area contributed by atoms with Crippen LogP contribution in [-0.2, 0) is 4.74 Å². The summed E-state index contributed by atoms with van der Waals surface area (Å²) in [6, 6.07) is 11.9. The van der Waals surface area contributed by atoms with Gasteiger partial charge in [-0.05, 0) is 43.4 Å². The number of anilines is 2. The molecule has 0 radical (unpaired) electrons. The first-order valence-corrected chi connectivity index (χ1v) is 11.2. The standard InChI is InChI=1S/C24H25F2N5O4/c1-29(13-18-14-31(24(32)35-18)15-3-5-17(6-4-15)34-23(25)26)16-11-30(12-16)20-9-10-27-19-7-8-21(33-2)28-22(19)20/h3-10,16,18,23H,11-14H2,1-2H3/t18-/m1/s1. The summed E-state index contributed by atoms with van der Waals surface area (Å²) in [5, 5.41) is 0. The molecule has 5 rings (SSSR count). The predicted octanol–water partition coefficient (Wildman–Crippen LogP) is 3.39. The van der Waals surface area contributed by atoms with E-state index in [1.165, 1.54) is 17.0 Å². The van der Waals surface area contributed by atoms with E-state index >= 15 is 0 Å². The van der Waals surface area contributed by atoms with Gasteiger partial charge in [-0.2, -0.15) is 8.78 Å². The SMILES string of the molecule is COc1ccc2nccc(N3CC(N(C)C[C@@H]4CN(c5ccc(OC(F)F)cc5)C(=O)O4)C3)c2n1. The molecule has 3 aromatic rings. The molecule has 2 fully saturated rings. The summed E-state index contributed by atoms with van der Waals surface area (Å²) in [6.07, 6.45) is 1.03. The van der Waals surface area contributed by atoms with Gasteiger partial charge < -0.3 is 19.1 Å². The minimum absolute atomic E-state index is 0.0396. The van der Waals surface area contributed by atoms with Crippen LogP contribution in [0.2, 0.25) is 0 Å². The first-order valence-electron chi connectivity index (χ1n) is 11.2. The van der Waals surface area contributed by atoms with Gasteiger partial charge in [0.25, 0.3) is 0 Å². The van der Waals surface area contributed by atoms with Crippen LogP contribution in [0.3, 0.4) is 0 Å². The average Bonchev–Trinajstić information content (AvgIpc) is 3.17. The zero-order valence-corrected chi connectivity index (χ0v) is 19.3. The molecule has 2 saturated heterocycles. The van der Waals surface area contributed by atoms with E-state index in [2.05, 4.69) is 24.5 Å². The number of alkyl halides is 2. The Hall–Kier alpha value is -3.73. The number of pyridine rings is 2. The fourth-order valence-corrected chi connectivity index (χ4v) is 4.40. The van der Waals surface area contributed by atoms with Gasteiger partial charge in [0.05, 0.1) is 24.9 Å². The molecule has 2 aromatic heterocycles. The number of carbonyl (C=O) groups excluding carboxylic acids is 1. The maximum Gasteiger partial charge on any atom is 0.414 e. The number of amides is 1. The van der Waals surface area contributed by atoms with Crippen molar-refractivity contribution in [2.24, 2.45) is 0 Å². The molecule has 0 saturated carbocycles. The highest BCUT2D eigenvalue weighted by atomic mass is 19.3. The van der Waals surface area contributed by atoms with Crippen molar-refractivity contribution in [3.8, 4) is 11.6 Å². The third-order valence-electron chi connectivity index (χ3n) is 6.31. The van der Waals surface area contributed by atoms with E-state index in [9.17, 15) is 13.6 Å². The molecule has 0 aliphatic carbocycles.